The molecule has 0 aliphatic heterocycles. The number of thiazole rings is 1. The van der Waals surface area contributed by atoms with Gasteiger partial charge in [-0.1, -0.05) is 56.3 Å². The Bertz CT molecular complexity index is 843. The normalized spacial score (nSPS) is 11.2. The molecule has 134 valence electrons. The van der Waals surface area contributed by atoms with Crippen molar-refractivity contribution in [2.45, 2.75) is 20.3 Å². The predicted molar refractivity (Wildman–Crippen MR) is 110 cm³/mol. The van der Waals surface area contributed by atoms with Crippen LogP contribution in [0.3, 0.4) is 0 Å². The molecule has 0 saturated carbocycles. The zero-order valence-electron chi connectivity index (χ0n) is 15.1. The standard InChI is InChI=1S/C21H23N3OS/c1-16(2)12-13-25-20-11-7-6-10-18(20)14-22-24-21-23-19(15-26-21)17-8-4-3-5-9-17/h3-11,14-16H,12-13H2,1-2H3,(H,23,24). The molecule has 0 bridgehead atoms. The highest BCUT2D eigenvalue weighted by Gasteiger charge is 2.04. The van der Waals surface area contributed by atoms with Crippen molar-refractivity contribution < 1.29 is 4.74 Å². The molecule has 0 spiro atoms. The van der Waals surface area contributed by atoms with Crippen molar-refractivity contribution in [1.82, 2.24) is 4.98 Å². The molecule has 0 radical (unpaired) electrons. The largest absolute Gasteiger partial charge is 0.493 e. The fourth-order valence-corrected chi connectivity index (χ4v) is 3.02. The number of aromatic nitrogens is 1. The molecule has 3 rings (SSSR count). The summed E-state index contributed by atoms with van der Waals surface area (Å²) in [6, 6.07) is 18.0. The molecule has 26 heavy (non-hydrogen) atoms. The lowest BCUT2D eigenvalue weighted by atomic mass is 10.1. The number of benzene rings is 2. The summed E-state index contributed by atoms with van der Waals surface area (Å²) in [4.78, 5) is 4.57. The van der Waals surface area contributed by atoms with E-state index in [4.69, 9.17) is 4.74 Å². The van der Waals surface area contributed by atoms with Gasteiger partial charge in [0.25, 0.3) is 0 Å². The lowest BCUT2D eigenvalue weighted by molar-refractivity contribution is 0.289. The molecule has 5 heteroatoms. The molecule has 1 heterocycles. The third kappa shape index (κ3) is 5.17. The number of nitrogens with zero attached hydrogens (tertiary/aromatic N) is 2. The van der Waals surface area contributed by atoms with Gasteiger partial charge in [-0.15, -0.1) is 11.3 Å². The Labute approximate surface area is 158 Å². The van der Waals surface area contributed by atoms with Crippen LogP contribution >= 0.6 is 11.3 Å². The van der Waals surface area contributed by atoms with Gasteiger partial charge >= 0.3 is 0 Å². The van der Waals surface area contributed by atoms with E-state index >= 15 is 0 Å². The van der Waals surface area contributed by atoms with Crippen molar-refractivity contribution in [2.24, 2.45) is 11.0 Å². The van der Waals surface area contributed by atoms with Crippen molar-refractivity contribution in [2.75, 3.05) is 12.0 Å². The second-order valence-corrected chi connectivity index (χ2v) is 7.20. The van der Waals surface area contributed by atoms with Gasteiger partial charge in [-0.2, -0.15) is 5.10 Å². The summed E-state index contributed by atoms with van der Waals surface area (Å²) >= 11 is 1.53. The Morgan fingerprint density at radius 3 is 2.69 bits per heavy atom. The van der Waals surface area contributed by atoms with Gasteiger partial charge in [-0.25, -0.2) is 4.98 Å². The lowest BCUT2D eigenvalue weighted by Gasteiger charge is -2.10. The Morgan fingerprint density at radius 1 is 1.12 bits per heavy atom. The summed E-state index contributed by atoms with van der Waals surface area (Å²) in [6.07, 6.45) is 2.80. The van der Waals surface area contributed by atoms with Crippen LogP contribution in [0.25, 0.3) is 11.3 Å². The average molecular weight is 366 g/mol. The van der Waals surface area contributed by atoms with Gasteiger partial charge in [0.1, 0.15) is 5.75 Å². The summed E-state index contributed by atoms with van der Waals surface area (Å²) in [7, 11) is 0. The van der Waals surface area contributed by atoms with Crippen LogP contribution in [0.5, 0.6) is 5.75 Å². The zero-order valence-corrected chi connectivity index (χ0v) is 15.9. The van der Waals surface area contributed by atoms with Crippen LogP contribution in [0.4, 0.5) is 5.13 Å². The van der Waals surface area contributed by atoms with E-state index in [0.29, 0.717) is 12.5 Å². The molecule has 0 unspecified atom stereocenters. The van der Waals surface area contributed by atoms with Crippen molar-refractivity contribution in [1.29, 1.82) is 0 Å². The molecule has 0 aliphatic carbocycles. The molecule has 0 fully saturated rings. The van der Waals surface area contributed by atoms with Gasteiger partial charge in [-0.3, -0.25) is 5.43 Å². The molecule has 0 saturated heterocycles. The zero-order chi connectivity index (χ0) is 18.2. The van der Waals surface area contributed by atoms with Crippen LogP contribution < -0.4 is 10.2 Å². The minimum atomic E-state index is 0.626. The molecule has 0 atom stereocenters. The Kier molecular flexibility index (Phi) is 6.39. The van der Waals surface area contributed by atoms with Crippen LogP contribution in [-0.2, 0) is 0 Å². The van der Waals surface area contributed by atoms with E-state index in [-0.39, 0.29) is 0 Å². The van der Waals surface area contributed by atoms with Gasteiger partial charge < -0.3 is 4.74 Å². The Hall–Kier alpha value is -2.66. The van der Waals surface area contributed by atoms with Gasteiger partial charge in [0.05, 0.1) is 18.5 Å². The number of para-hydroxylation sites is 1. The number of rotatable bonds is 8. The van der Waals surface area contributed by atoms with Crippen LogP contribution in [0.2, 0.25) is 0 Å². The number of nitrogens with one attached hydrogen (secondary N) is 1. The second kappa shape index (κ2) is 9.15. The van der Waals surface area contributed by atoms with E-state index in [1.807, 2.05) is 60.0 Å². The Balaban J connectivity index is 1.61. The second-order valence-electron chi connectivity index (χ2n) is 6.34. The van der Waals surface area contributed by atoms with Crippen molar-refractivity contribution >= 4 is 22.7 Å². The SMILES string of the molecule is CC(C)CCOc1ccccc1C=NNc1nc(-c2ccccc2)cs1. The lowest BCUT2D eigenvalue weighted by Crippen LogP contribution is -2.03. The third-order valence-electron chi connectivity index (χ3n) is 3.81. The predicted octanol–water partition coefficient (Wildman–Crippen LogP) is 5.68. The number of hydrogen-bond acceptors (Lipinski definition) is 5. The maximum absolute atomic E-state index is 5.88. The maximum Gasteiger partial charge on any atom is 0.203 e. The first-order valence-corrected chi connectivity index (χ1v) is 9.62. The highest BCUT2D eigenvalue weighted by molar-refractivity contribution is 7.14. The van der Waals surface area contributed by atoms with Crippen LogP contribution in [0.1, 0.15) is 25.8 Å². The fourth-order valence-electron chi connectivity index (χ4n) is 2.35. The third-order valence-corrected chi connectivity index (χ3v) is 4.56. The van der Waals surface area contributed by atoms with Crippen LogP contribution in [-0.4, -0.2) is 17.8 Å². The monoisotopic (exact) mass is 365 g/mol. The molecule has 3 aromatic rings. The molecule has 0 aliphatic rings. The maximum atomic E-state index is 5.88. The topological polar surface area (TPSA) is 46.5 Å². The van der Waals surface area contributed by atoms with Gasteiger partial charge in [0.2, 0.25) is 5.13 Å². The average Bonchev–Trinajstić information content (AvgIpc) is 3.12. The summed E-state index contributed by atoms with van der Waals surface area (Å²) in [5.41, 5.74) is 6.01. The molecule has 2 aromatic carbocycles. The van der Waals surface area contributed by atoms with E-state index in [2.05, 4.69) is 29.4 Å². The molecule has 4 nitrogen and oxygen atoms in total. The van der Waals surface area contributed by atoms with Crippen molar-refractivity contribution in [3.63, 3.8) is 0 Å². The number of hydrazone groups is 1. The van der Waals surface area contributed by atoms with E-state index < -0.39 is 0 Å². The quantitative estimate of drug-likeness (QED) is 0.412. The number of anilines is 1. The summed E-state index contributed by atoms with van der Waals surface area (Å²) < 4.78 is 5.88. The highest BCUT2D eigenvalue weighted by atomic mass is 32.1. The summed E-state index contributed by atoms with van der Waals surface area (Å²) in [5, 5.41) is 7.10. The first kappa shape index (κ1) is 18.1. The van der Waals surface area contributed by atoms with Gasteiger partial charge in [0.15, 0.2) is 0 Å². The van der Waals surface area contributed by atoms with Crippen molar-refractivity contribution in [3.05, 3.63) is 65.5 Å². The highest BCUT2D eigenvalue weighted by Crippen LogP contribution is 2.24. The van der Waals surface area contributed by atoms with E-state index in [1.165, 1.54) is 11.3 Å². The van der Waals surface area contributed by atoms with E-state index in [1.54, 1.807) is 6.21 Å². The van der Waals surface area contributed by atoms with Crippen molar-refractivity contribution in [3.8, 4) is 17.0 Å². The minimum absolute atomic E-state index is 0.626. The molecule has 1 N–H and O–H groups in total. The molecule has 0 amide bonds. The first-order valence-electron chi connectivity index (χ1n) is 8.74. The van der Waals surface area contributed by atoms with Crippen LogP contribution in [0, 0.1) is 5.92 Å². The fraction of sp³-hybridized carbons (Fsp3) is 0.238. The smallest absolute Gasteiger partial charge is 0.203 e. The number of ether oxygens (including phenoxy) is 1. The number of hydrogen-bond donors (Lipinski definition) is 1. The van der Waals surface area contributed by atoms with Crippen LogP contribution in [0.15, 0.2) is 65.1 Å². The molecular formula is C21H23N3OS. The van der Waals surface area contributed by atoms with Gasteiger partial charge in [-0.05, 0) is 24.5 Å². The van der Waals surface area contributed by atoms with E-state index in [9.17, 15) is 0 Å². The summed E-state index contributed by atoms with van der Waals surface area (Å²) in [5.74, 6) is 1.48. The summed E-state index contributed by atoms with van der Waals surface area (Å²) in [6.45, 7) is 5.10. The first-order chi connectivity index (χ1) is 12.7. The van der Waals surface area contributed by atoms with Gasteiger partial charge in [0, 0.05) is 16.5 Å². The molecular weight excluding hydrogens is 342 g/mol. The minimum Gasteiger partial charge on any atom is -0.493 e. The Morgan fingerprint density at radius 2 is 1.88 bits per heavy atom. The molecule has 1 aromatic heterocycles. The van der Waals surface area contributed by atoms with E-state index in [0.717, 1.165) is 34.1 Å².